The molecule has 4 aromatic rings. The van der Waals surface area contributed by atoms with Gasteiger partial charge in [0, 0.05) is 67.1 Å². The minimum absolute atomic E-state index is 0.0180. The maximum Gasteiger partial charge on any atom is 0.408 e. The second-order valence-corrected chi connectivity index (χ2v) is 23.4. The lowest BCUT2D eigenvalue weighted by Gasteiger charge is -2.27. The number of aromatic amines is 2. The van der Waals surface area contributed by atoms with Crippen LogP contribution in [0.1, 0.15) is 118 Å². The van der Waals surface area contributed by atoms with Crippen LogP contribution >= 0.6 is 0 Å². The molecule has 0 aliphatic carbocycles. The summed E-state index contributed by atoms with van der Waals surface area (Å²) in [4.78, 5) is 159. The Kier molecular flexibility index (Phi) is 26.5. The molecule has 0 saturated carbocycles. The summed E-state index contributed by atoms with van der Waals surface area (Å²) in [5.74, 6) is -8.12. The van der Waals surface area contributed by atoms with Crippen LogP contribution in [0.5, 0.6) is 0 Å². The number of para-hydroxylation sites is 1. The number of carbonyl (C=O) groups excluding carboxylic acids is 11. The highest BCUT2D eigenvalue weighted by Crippen LogP contribution is 2.20. The van der Waals surface area contributed by atoms with Gasteiger partial charge in [-0.05, 0) is 81.9 Å². The van der Waals surface area contributed by atoms with Gasteiger partial charge >= 0.3 is 6.09 Å². The van der Waals surface area contributed by atoms with Gasteiger partial charge < -0.3 is 74.0 Å². The van der Waals surface area contributed by atoms with Crippen LogP contribution in [0.15, 0.2) is 73.3 Å². The Morgan fingerprint density at radius 3 is 1.75 bits per heavy atom. The second-order valence-electron chi connectivity index (χ2n) is 23.4. The second kappa shape index (κ2) is 32.9. The van der Waals surface area contributed by atoms with E-state index in [4.69, 9.17) is 16.2 Å². The maximum atomic E-state index is 14.4. The van der Waals surface area contributed by atoms with E-state index in [0.717, 1.165) is 10.9 Å². The van der Waals surface area contributed by atoms with E-state index < -0.39 is 132 Å². The van der Waals surface area contributed by atoms with Crippen molar-refractivity contribution in [3.63, 3.8) is 0 Å². The molecule has 2 heterocycles. The van der Waals surface area contributed by atoms with Crippen molar-refractivity contribution in [1.29, 1.82) is 0 Å². The standard InChI is InChI=1S/C59H86N14O12/c1-32(2)22-38(27-48(61)75)67-54(80)43(23-33(3)4)70-56(82)46(26-39-29-62-31-65-39)68-49(76)30-64-57(83)50(34(5)6)73-51(77)35(7)66-53(79)45(25-37-28-63-41-19-15-14-18-40(37)41)71-52(78)42(20-21-47(60)74)69-55(81)44(24-36-16-12-11-13-17-36)72-58(84)85-59(8,9)10/h11-19,28-29,31-35,38,42-46,50,63H,20-27,30H2,1-10H3,(H2,60,74)(H2,61,75)(H,62,65)(H,64,83)(H,66,79)(H,67,80)(H,68,76)(H,69,81)(H,70,82)(H,71,78)(H,72,84)(H,73,77)/t35-,38-,42-,43-,44+,45-,46-,50-/m0/s1. The Bertz CT molecular complexity index is 2920. The molecule has 0 unspecified atom stereocenters. The van der Waals surface area contributed by atoms with E-state index in [-0.39, 0.29) is 56.8 Å². The summed E-state index contributed by atoms with van der Waals surface area (Å²) in [5.41, 5.74) is 12.5. The van der Waals surface area contributed by atoms with E-state index >= 15 is 0 Å². The number of primary amides is 2. The fourth-order valence-corrected chi connectivity index (χ4v) is 9.16. The lowest BCUT2D eigenvalue weighted by molar-refractivity contribution is -0.135. The van der Waals surface area contributed by atoms with Gasteiger partial charge in [0.1, 0.15) is 47.9 Å². The summed E-state index contributed by atoms with van der Waals surface area (Å²) in [6, 6.07) is 6.26. The van der Waals surface area contributed by atoms with Gasteiger partial charge in [-0.3, -0.25) is 47.9 Å². The van der Waals surface area contributed by atoms with Crippen molar-refractivity contribution in [2.75, 3.05) is 6.54 Å². The topological polar surface area (TPSA) is 402 Å². The first-order valence-corrected chi connectivity index (χ1v) is 28.5. The highest BCUT2D eigenvalue weighted by molar-refractivity contribution is 5.98. The predicted molar refractivity (Wildman–Crippen MR) is 316 cm³/mol. The molecule has 4 rings (SSSR count). The zero-order chi connectivity index (χ0) is 63.1. The van der Waals surface area contributed by atoms with Gasteiger partial charge in [0.15, 0.2) is 0 Å². The average molecular weight is 1180 g/mol. The van der Waals surface area contributed by atoms with E-state index in [1.54, 1.807) is 89.3 Å². The molecule has 0 radical (unpaired) electrons. The Morgan fingerprint density at radius 2 is 1.15 bits per heavy atom. The van der Waals surface area contributed by atoms with Gasteiger partial charge in [-0.1, -0.05) is 90.1 Å². The first-order valence-electron chi connectivity index (χ1n) is 28.5. The largest absolute Gasteiger partial charge is 0.444 e. The molecular weight excluding hydrogens is 1100 g/mol. The van der Waals surface area contributed by atoms with Gasteiger partial charge in [0.05, 0.1) is 12.9 Å². The lowest BCUT2D eigenvalue weighted by atomic mass is 9.98. The number of fused-ring (bicyclic) bond motifs is 1. The number of hydrogen-bond donors (Lipinski definition) is 13. The molecule has 26 heteroatoms. The number of carbonyl (C=O) groups is 11. The average Bonchev–Trinajstić information content (AvgIpc) is 3.48. The minimum atomic E-state index is -1.48. The quantitative estimate of drug-likeness (QED) is 0.0320. The maximum absolute atomic E-state index is 14.4. The van der Waals surface area contributed by atoms with Crippen LogP contribution in [0.25, 0.3) is 10.9 Å². The number of H-pyrrole nitrogens is 2. The van der Waals surface area contributed by atoms with E-state index in [9.17, 15) is 52.7 Å². The number of benzene rings is 2. The molecule has 464 valence electrons. The number of nitrogens with zero attached hydrogens (tertiary/aromatic N) is 1. The smallest absolute Gasteiger partial charge is 0.408 e. The molecule has 8 atom stereocenters. The van der Waals surface area contributed by atoms with Gasteiger partial charge in [-0.15, -0.1) is 0 Å². The number of amides is 11. The van der Waals surface area contributed by atoms with E-state index in [0.29, 0.717) is 23.2 Å². The third kappa shape index (κ3) is 24.1. The van der Waals surface area contributed by atoms with Crippen molar-refractivity contribution >= 4 is 76.1 Å². The summed E-state index contributed by atoms with van der Waals surface area (Å²) in [6.45, 7) is 16.5. The van der Waals surface area contributed by atoms with Gasteiger partial charge in [0.2, 0.25) is 59.1 Å². The molecule has 0 aliphatic heterocycles. The molecule has 2 aromatic carbocycles. The van der Waals surface area contributed by atoms with Gasteiger partial charge in [0.25, 0.3) is 0 Å². The molecule has 26 nitrogen and oxygen atoms in total. The molecule has 0 bridgehead atoms. The van der Waals surface area contributed by atoms with Crippen LogP contribution in [-0.4, -0.2) is 141 Å². The number of ether oxygens (including phenoxy) is 1. The van der Waals surface area contributed by atoms with Crippen molar-refractivity contribution in [2.45, 2.75) is 175 Å². The summed E-state index contributed by atoms with van der Waals surface area (Å²) in [5, 5.41) is 24.6. The zero-order valence-corrected chi connectivity index (χ0v) is 50.1. The number of alkyl carbamates (subject to hydrolysis) is 1. The van der Waals surface area contributed by atoms with Gasteiger partial charge in [-0.25, -0.2) is 9.78 Å². The molecule has 85 heavy (non-hydrogen) atoms. The van der Waals surface area contributed by atoms with Crippen LogP contribution in [-0.2, 0) is 71.9 Å². The number of imidazole rings is 1. The third-order valence-corrected chi connectivity index (χ3v) is 13.3. The van der Waals surface area contributed by atoms with Crippen LogP contribution < -0.4 is 59.3 Å². The van der Waals surface area contributed by atoms with Crippen molar-refractivity contribution in [3.05, 3.63) is 90.1 Å². The first kappa shape index (κ1) is 68.7. The van der Waals surface area contributed by atoms with Crippen molar-refractivity contribution < 1.29 is 57.5 Å². The number of nitrogens with two attached hydrogens (primary N) is 2. The fourth-order valence-electron chi connectivity index (χ4n) is 9.16. The normalized spacial score (nSPS) is 14.3. The molecule has 0 aliphatic rings. The Labute approximate surface area is 495 Å². The molecule has 0 saturated heterocycles. The van der Waals surface area contributed by atoms with Crippen LogP contribution in [0.4, 0.5) is 4.79 Å². The van der Waals surface area contributed by atoms with Crippen LogP contribution in [0.3, 0.4) is 0 Å². The summed E-state index contributed by atoms with van der Waals surface area (Å²) in [6.07, 6.45) is 3.25. The zero-order valence-electron chi connectivity index (χ0n) is 50.1. The Balaban J connectivity index is 1.50. The van der Waals surface area contributed by atoms with Crippen molar-refractivity contribution in [2.24, 2.45) is 29.2 Å². The Hall–Kier alpha value is -8.84. The molecule has 0 spiro atoms. The van der Waals surface area contributed by atoms with Crippen LogP contribution in [0, 0.1) is 17.8 Å². The van der Waals surface area contributed by atoms with E-state index in [2.05, 4.69) is 62.8 Å². The first-order chi connectivity index (χ1) is 40.0. The number of rotatable bonds is 33. The highest BCUT2D eigenvalue weighted by atomic mass is 16.6. The summed E-state index contributed by atoms with van der Waals surface area (Å²) in [7, 11) is 0. The molecule has 2 aromatic heterocycles. The number of nitrogens with one attached hydrogen (secondary N) is 11. The summed E-state index contributed by atoms with van der Waals surface area (Å²) >= 11 is 0. The molecule has 15 N–H and O–H groups in total. The predicted octanol–water partition coefficient (Wildman–Crippen LogP) is 1.23. The minimum Gasteiger partial charge on any atom is -0.444 e. The fraction of sp³-hybridized carbons (Fsp3) is 0.525. The molecule has 0 fully saturated rings. The van der Waals surface area contributed by atoms with E-state index in [1.807, 2.05) is 33.8 Å². The highest BCUT2D eigenvalue weighted by Gasteiger charge is 2.35. The van der Waals surface area contributed by atoms with Crippen molar-refractivity contribution in [3.8, 4) is 0 Å². The molecule has 11 amide bonds. The van der Waals surface area contributed by atoms with E-state index in [1.165, 1.54) is 19.4 Å². The number of aromatic nitrogens is 3. The van der Waals surface area contributed by atoms with Crippen LogP contribution in [0.2, 0.25) is 0 Å². The van der Waals surface area contributed by atoms with Crippen molar-refractivity contribution in [1.82, 2.24) is 62.8 Å². The number of hydrogen-bond acceptors (Lipinski definition) is 13. The summed E-state index contributed by atoms with van der Waals surface area (Å²) < 4.78 is 5.42. The lowest BCUT2D eigenvalue weighted by Crippen LogP contribution is -2.60. The SMILES string of the molecule is CC(C)C[C@@H](CC(N)=O)NC(=O)[C@H](CC(C)C)NC(=O)[C@H](Cc1cnc[nH]1)NC(=O)CNC(=O)[C@@H](NC(=O)[C@H](C)NC(=O)[C@H](Cc1c[nH]c2ccccc12)NC(=O)[C@H](CCC(N)=O)NC(=O)[C@@H](Cc1ccccc1)NC(=O)OC(C)(C)C)C(C)C. The van der Waals surface area contributed by atoms with Gasteiger partial charge in [-0.2, -0.15) is 0 Å². The Morgan fingerprint density at radius 1 is 0.576 bits per heavy atom. The third-order valence-electron chi connectivity index (χ3n) is 13.3. The molecular formula is C59H86N14O12. The monoisotopic (exact) mass is 1180 g/mol.